The number of amides is 1. The highest BCUT2D eigenvalue weighted by Gasteiger charge is 2.22. The first kappa shape index (κ1) is 23.2. The predicted octanol–water partition coefficient (Wildman–Crippen LogP) is -0.207. The van der Waals surface area contributed by atoms with E-state index in [2.05, 4.69) is 35.4 Å². The average Bonchev–Trinajstić information content (AvgIpc) is 2.83. The highest BCUT2D eigenvalue weighted by atomic mass is 16.5. The van der Waals surface area contributed by atoms with Gasteiger partial charge in [-0.05, 0) is 19.4 Å². The summed E-state index contributed by atoms with van der Waals surface area (Å²) in [5.41, 5.74) is 0. The summed E-state index contributed by atoms with van der Waals surface area (Å²) in [5, 5.41) is 6.55. The van der Waals surface area contributed by atoms with Gasteiger partial charge in [0.15, 0.2) is 5.96 Å². The lowest BCUT2D eigenvalue weighted by molar-refractivity contribution is -0.131. The molecule has 0 bridgehead atoms. The van der Waals surface area contributed by atoms with Crippen molar-refractivity contribution in [3.8, 4) is 0 Å². The van der Waals surface area contributed by atoms with Crippen molar-refractivity contribution >= 4 is 17.8 Å². The van der Waals surface area contributed by atoms with Crippen molar-refractivity contribution in [1.82, 2.24) is 30.4 Å². The van der Waals surface area contributed by atoms with Gasteiger partial charge in [-0.2, -0.15) is 0 Å². The van der Waals surface area contributed by atoms with Crippen molar-refractivity contribution in [2.24, 2.45) is 4.99 Å². The number of rotatable bonds is 9. The van der Waals surface area contributed by atoms with Crippen LogP contribution in [0.2, 0.25) is 0 Å². The van der Waals surface area contributed by atoms with Gasteiger partial charge in [-0.3, -0.25) is 14.7 Å². The maximum absolute atomic E-state index is 12.6. The van der Waals surface area contributed by atoms with E-state index in [0.29, 0.717) is 26.1 Å². The fraction of sp³-hybridized carbons (Fsp3) is 0.714. The van der Waals surface area contributed by atoms with E-state index in [9.17, 15) is 4.79 Å². The van der Waals surface area contributed by atoms with Crippen molar-refractivity contribution in [3.05, 3.63) is 18.5 Å². The smallest absolute Gasteiger partial charge is 0.225 e. The Kier molecular flexibility index (Phi) is 9.78. The number of morpholine rings is 1. The van der Waals surface area contributed by atoms with E-state index < -0.39 is 0 Å². The van der Waals surface area contributed by atoms with Gasteiger partial charge in [0.05, 0.1) is 13.2 Å². The largest absolute Gasteiger partial charge is 0.379 e. The maximum Gasteiger partial charge on any atom is 0.225 e. The number of aromatic nitrogens is 2. The van der Waals surface area contributed by atoms with E-state index in [0.717, 1.165) is 77.4 Å². The van der Waals surface area contributed by atoms with E-state index in [1.807, 2.05) is 17.9 Å². The van der Waals surface area contributed by atoms with E-state index in [1.165, 1.54) is 0 Å². The quantitative estimate of drug-likeness (QED) is 0.314. The van der Waals surface area contributed by atoms with Gasteiger partial charge in [0.2, 0.25) is 11.9 Å². The number of carbonyl (C=O) groups is 1. The first-order valence-corrected chi connectivity index (χ1v) is 11.4. The molecular formula is C21H36N8O2. The van der Waals surface area contributed by atoms with Crippen LogP contribution < -0.4 is 15.5 Å². The molecule has 10 nitrogen and oxygen atoms in total. The summed E-state index contributed by atoms with van der Waals surface area (Å²) < 4.78 is 5.38. The zero-order valence-corrected chi connectivity index (χ0v) is 18.6. The van der Waals surface area contributed by atoms with Gasteiger partial charge >= 0.3 is 0 Å². The standard InChI is InChI=1S/C21H36N8O2/c1-2-22-20(23-8-4-10-27-15-17-31-18-16-27)24-9-5-19(30)28-11-13-29(14-12-28)21-25-6-3-7-26-21/h3,6-7H,2,4-5,8-18H2,1H3,(H2,22,23,24). The van der Waals surface area contributed by atoms with Gasteiger partial charge in [0.25, 0.3) is 0 Å². The SMILES string of the molecule is CCNC(=NCCCN1CCOCC1)NCCC(=O)N1CCN(c2ncccn2)CC1. The van der Waals surface area contributed by atoms with Crippen molar-refractivity contribution in [3.63, 3.8) is 0 Å². The number of hydrogen-bond donors (Lipinski definition) is 2. The van der Waals surface area contributed by atoms with Crippen LogP contribution in [0.1, 0.15) is 19.8 Å². The average molecular weight is 433 g/mol. The van der Waals surface area contributed by atoms with Gasteiger partial charge < -0.3 is 25.2 Å². The van der Waals surface area contributed by atoms with Crippen LogP contribution in [0.5, 0.6) is 0 Å². The topological polar surface area (TPSA) is 98.2 Å². The minimum atomic E-state index is 0.171. The Morgan fingerprint density at radius 2 is 1.84 bits per heavy atom. The number of aliphatic imine (C=N–C) groups is 1. The predicted molar refractivity (Wildman–Crippen MR) is 121 cm³/mol. The molecule has 10 heteroatoms. The number of carbonyl (C=O) groups excluding carboxylic acids is 1. The number of nitrogens with zero attached hydrogens (tertiary/aromatic N) is 6. The van der Waals surface area contributed by atoms with Crippen LogP contribution in [0.4, 0.5) is 5.95 Å². The first-order valence-electron chi connectivity index (χ1n) is 11.4. The Labute approximate surface area is 185 Å². The number of nitrogens with one attached hydrogen (secondary N) is 2. The minimum Gasteiger partial charge on any atom is -0.379 e. The Balaban J connectivity index is 1.32. The lowest BCUT2D eigenvalue weighted by atomic mass is 10.3. The van der Waals surface area contributed by atoms with Crippen molar-refractivity contribution < 1.29 is 9.53 Å². The summed E-state index contributed by atoms with van der Waals surface area (Å²) in [6, 6.07) is 1.81. The summed E-state index contributed by atoms with van der Waals surface area (Å²) in [7, 11) is 0. The third-order valence-corrected chi connectivity index (χ3v) is 5.45. The van der Waals surface area contributed by atoms with Crippen LogP contribution in [0.25, 0.3) is 0 Å². The van der Waals surface area contributed by atoms with Gasteiger partial charge in [-0.15, -0.1) is 0 Å². The summed E-state index contributed by atoms with van der Waals surface area (Å²) in [4.78, 5) is 32.3. The highest BCUT2D eigenvalue weighted by Crippen LogP contribution is 2.10. The van der Waals surface area contributed by atoms with Crippen LogP contribution in [0.15, 0.2) is 23.5 Å². The Bertz CT molecular complexity index is 673. The molecule has 2 N–H and O–H groups in total. The molecule has 0 aromatic carbocycles. The number of hydrogen-bond acceptors (Lipinski definition) is 7. The molecule has 1 aromatic heterocycles. The second-order valence-corrected chi connectivity index (χ2v) is 7.66. The zero-order chi connectivity index (χ0) is 21.7. The third-order valence-electron chi connectivity index (χ3n) is 5.45. The Morgan fingerprint density at radius 1 is 1.10 bits per heavy atom. The van der Waals surface area contributed by atoms with E-state index >= 15 is 0 Å². The van der Waals surface area contributed by atoms with Crippen LogP contribution in [-0.2, 0) is 9.53 Å². The summed E-state index contributed by atoms with van der Waals surface area (Å²) in [5.74, 6) is 1.68. The van der Waals surface area contributed by atoms with Gasteiger partial charge in [0, 0.05) is 84.3 Å². The second kappa shape index (κ2) is 13.1. The van der Waals surface area contributed by atoms with Gasteiger partial charge in [-0.1, -0.05) is 0 Å². The van der Waals surface area contributed by atoms with Crippen LogP contribution in [-0.4, -0.2) is 110 Å². The Morgan fingerprint density at radius 3 is 2.55 bits per heavy atom. The van der Waals surface area contributed by atoms with Gasteiger partial charge in [-0.25, -0.2) is 9.97 Å². The molecule has 31 heavy (non-hydrogen) atoms. The number of piperazine rings is 1. The van der Waals surface area contributed by atoms with Crippen LogP contribution >= 0.6 is 0 Å². The lowest BCUT2D eigenvalue weighted by Crippen LogP contribution is -2.50. The lowest BCUT2D eigenvalue weighted by Gasteiger charge is -2.34. The molecule has 0 spiro atoms. The first-order chi connectivity index (χ1) is 15.3. The van der Waals surface area contributed by atoms with E-state index in [4.69, 9.17) is 4.74 Å². The second-order valence-electron chi connectivity index (χ2n) is 7.66. The Hall–Kier alpha value is -2.46. The molecule has 3 rings (SSSR count). The molecule has 0 saturated carbocycles. The molecule has 2 saturated heterocycles. The molecule has 0 atom stereocenters. The normalized spacial score (nSPS) is 18.2. The molecule has 0 unspecified atom stereocenters. The fourth-order valence-corrected chi connectivity index (χ4v) is 3.71. The molecule has 0 aliphatic carbocycles. The number of guanidine groups is 1. The van der Waals surface area contributed by atoms with Crippen LogP contribution in [0, 0.1) is 0 Å². The fourth-order valence-electron chi connectivity index (χ4n) is 3.71. The molecule has 2 fully saturated rings. The minimum absolute atomic E-state index is 0.171. The summed E-state index contributed by atoms with van der Waals surface area (Å²) >= 11 is 0. The third kappa shape index (κ3) is 7.95. The number of ether oxygens (including phenoxy) is 1. The molecule has 1 aromatic rings. The molecular weight excluding hydrogens is 396 g/mol. The van der Waals surface area contributed by atoms with Gasteiger partial charge in [0.1, 0.15) is 0 Å². The molecule has 2 aliphatic heterocycles. The van der Waals surface area contributed by atoms with E-state index in [-0.39, 0.29) is 5.91 Å². The molecule has 0 radical (unpaired) electrons. The summed E-state index contributed by atoms with van der Waals surface area (Å²) in [6.07, 6.45) is 4.97. The zero-order valence-electron chi connectivity index (χ0n) is 18.6. The van der Waals surface area contributed by atoms with Crippen molar-refractivity contribution in [2.45, 2.75) is 19.8 Å². The molecule has 2 aliphatic rings. The summed E-state index contributed by atoms with van der Waals surface area (Å²) in [6.45, 7) is 11.8. The van der Waals surface area contributed by atoms with Crippen molar-refractivity contribution in [2.75, 3.05) is 83.6 Å². The highest BCUT2D eigenvalue weighted by molar-refractivity contribution is 5.81. The van der Waals surface area contributed by atoms with Crippen LogP contribution in [0.3, 0.4) is 0 Å². The van der Waals surface area contributed by atoms with Crippen molar-refractivity contribution in [1.29, 1.82) is 0 Å². The maximum atomic E-state index is 12.6. The molecule has 3 heterocycles. The van der Waals surface area contributed by atoms with E-state index in [1.54, 1.807) is 12.4 Å². The molecule has 1 amide bonds. The number of anilines is 1. The molecule has 172 valence electrons. The monoisotopic (exact) mass is 432 g/mol.